The van der Waals surface area contributed by atoms with Crippen LogP contribution in [0.1, 0.15) is 20.9 Å². The summed E-state index contributed by atoms with van der Waals surface area (Å²) in [5.41, 5.74) is -0.557. The minimum atomic E-state index is -0.885. The smallest absolute Gasteiger partial charge is 0.289 e. The van der Waals surface area contributed by atoms with Crippen molar-refractivity contribution < 1.29 is 22.8 Å². The number of furan rings is 1. The van der Waals surface area contributed by atoms with Gasteiger partial charge in [0.15, 0.2) is 5.76 Å². The topological polar surface area (TPSA) is 53.8 Å². The van der Waals surface area contributed by atoms with Crippen LogP contribution in [0.15, 0.2) is 41.0 Å². The van der Waals surface area contributed by atoms with Crippen molar-refractivity contribution in [3.8, 4) is 0 Å². The lowest BCUT2D eigenvalue weighted by Gasteiger charge is -2.34. The van der Waals surface area contributed by atoms with Crippen molar-refractivity contribution in [1.82, 2.24) is 9.80 Å². The molecule has 2 heterocycles. The van der Waals surface area contributed by atoms with E-state index < -0.39 is 23.1 Å². The van der Waals surface area contributed by atoms with Crippen LogP contribution in [0.4, 0.5) is 8.78 Å². The molecule has 0 unspecified atom stereocenters. The van der Waals surface area contributed by atoms with E-state index in [1.165, 1.54) is 17.2 Å². The Bertz CT molecular complexity index is 703. The van der Waals surface area contributed by atoms with Crippen LogP contribution in [-0.2, 0) is 0 Å². The molecule has 2 aromatic rings. The van der Waals surface area contributed by atoms with Gasteiger partial charge in [0, 0.05) is 26.2 Å². The molecule has 1 aromatic carbocycles. The number of rotatable bonds is 2. The molecule has 0 radical (unpaired) electrons. The highest BCUT2D eigenvalue weighted by atomic mass is 19.1. The lowest BCUT2D eigenvalue weighted by molar-refractivity contribution is 0.0513. The normalized spacial score (nSPS) is 14.9. The second kappa shape index (κ2) is 6.20. The largest absolute Gasteiger partial charge is 0.459 e. The van der Waals surface area contributed by atoms with Crippen molar-refractivity contribution in [1.29, 1.82) is 0 Å². The molecule has 0 atom stereocenters. The SMILES string of the molecule is O=C(c1ccco1)N1CCN(C(=O)c2c(F)cccc2F)CC1. The fourth-order valence-electron chi connectivity index (χ4n) is 2.53. The lowest BCUT2D eigenvalue weighted by atomic mass is 10.1. The molecule has 1 saturated heterocycles. The van der Waals surface area contributed by atoms with Crippen LogP contribution in [0.5, 0.6) is 0 Å². The quantitative estimate of drug-likeness (QED) is 0.852. The Hall–Kier alpha value is -2.70. The Kier molecular flexibility index (Phi) is 4.10. The molecule has 120 valence electrons. The molecule has 7 heteroatoms. The van der Waals surface area contributed by atoms with Crippen LogP contribution in [0.2, 0.25) is 0 Å². The molecule has 0 spiro atoms. The number of hydrogen-bond donors (Lipinski definition) is 0. The van der Waals surface area contributed by atoms with Gasteiger partial charge in [0.2, 0.25) is 0 Å². The zero-order valence-electron chi connectivity index (χ0n) is 12.2. The van der Waals surface area contributed by atoms with Crippen molar-refractivity contribution in [2.45, 2.75) is 0 Å². The summed E-state index contributed by atoms with van der Waals surface area (Å²) in [7, 11) is 0. The maximum atomic E-state index is 13.7. The molecule has 0 bridgehead atoms. The van der Waals surface area contributed by atoms with Gasteiger partial charge >= 0.3 is 0 Å². The fraction of sp³-hybridized carbons (Fsp3) is 0.250. The third kappa shape index (κ3) is 2.94. The highest BCUT2D eigenvalue weighted by Crippen LogP contribution is 2.17. The number of halogens is 2. The van der Waals surface area contributed by atoms with E-state index in [2.05, 4.69) is 0 Å². The van der Waals surface area contributed by atoms with Gasteiger partial charge in [0.05, 0.1) is 6.26 Å². The highest BCUT2D eigenvalue weighted by Gasteiger charge is 2.29. The van der Waals surface area contributed by atoms with E-state index in [4.69, 9.17) is 4.42 Å². The van der Waals surface area contributed by atoms with Crippen LogP contribution in [0, 0.1) is 11.6 Å². The Morgan fingerprint density at radius 3 is 1.96 bits per heavy atom. The monoisotopic (exact) mass is 320 g/mol. The van der Waals surface area contributed by atoms with E-state index in [-0.39, 0.29) is 37.8 Å². The van der Waals surface area contributed by atoms with E-state index in [9.17, 15) is 18.4 Å². The van der Waals surface area contributed by atoms with Gasteiger partial charge in [-0.25, -0.2) is 8.78 Å². The predicted octanol–water partition coefficient (Wildman–Crippen LogP) is 2.16. The Labute approximate surface area is 131 Å². The minimum Gasteiger partial charge on any atom is -0.459 e. The number of hydrogen-bond acceptors (Lipinski definition) is 3. The molecule has 5 nitrogen and oxygen atoms in total. The standard InChI is InChI=1S/C16H14F2N2O3/c17-11-3-1-4-12(18)14(11)16(22)20-8-6-19(7-9-20)15(21)13-5-2-10-23-13/h1-5,10H,6-9H2. The van der Waals surface area contributed by atoms with E-state index >= 15 is 0 Å². The molecule has 0 aliphatic carbocycles. The summed E-state index contributed by atoms with van der Waals surface area (Å²) in [5.74, 6) is -2.51. The Balaban J connectivity index is 1.67. The van der Waals surface area contributed by atoms with Crippen molar-refractivity contribution >= 4 is 11.8 Å². The van der Waals surface area contributed by atoms with Gasteiger partial charge < -0.3 is 14.2 Å². The molecule has 1 aliphatic rings. The summed E-state index contributed by atoms with van der Waals surface area (Å²) in [6.07, 6.45) is 1.41. The molecule has 0 saturated carbocycles. The first-order chi connectivity index (χ1) is 11.1. The summed E-state index contributed by atoms with van der Waals surface area (Å²) in [5, 5.41) is 0. The lowest BCUT2D eigenvalue weighted by Crippen LogP contribution is -2.50. The third-order valence-corrected chi connectivity index (χ3v) is 3.76. The molecule has 3 rings (SSSR count). The summed E-state index contributed by atoms with van der Waals surface area (Å²) >= 11 is 0. The van der Waals surface area contributed by atoms with Crippen molar-refractivity contribution in [2.24, 2.45) is 0 Å². The number of amides is 2. The van der Waals surface area contributed by atoms with Gasteiger partial charge in [0.25, 0.3) is 11.8 Å². The average Bonchev–Trinajstić information content (AvgIpc) is 3.08. The van der Waals surface area contributed by atoms with Gasteiger partial charge in [-0.15, -0.1) is 0 Å². The molecule has 1 fully saturated rings. The maximum absolute atomic E-state index is 13.7. The molecule has 1 aromatic heterocycles. The summed E-state index contributed by atoms with van der Waals surface area (Å²) < 4.78 is 32.4. The summed E-state index contributed by atoms with van der Waals surface area (Å²) in [6, 6.07) is 6.49. The van der Waals surface area contributed by atoms with Gasteiger partial charge in [-0.1, -0.05) is 6.07 Å². The average molecular weight is 320 g/mol. The van der Waals surface area contributed by atoms with E-state index in [1.807, 2.05) is 0 Å². The summed E-state index contributed by atoms with van der Waals surface area (Å²) in [6.45, 7) is 0.973. The molecule has 23 heavy (non-hydrogen) atoms. The van der Waals surface area contributed by atoms with E-state index in [1.54, 1.807) is 17.0 Å². The van der Waals surface area contributed by atoms with Crippen LogP contribution >= 0.6 is 0 Å². The van der Waals surface area contributed by atoms with Gasteiger partial charge in [-0.2, -0.15) is 0 Å². The number of benzene rings is 1. The second-order valence-corrected chi connectivity index (χ2v) is 5.16. The first kappa shape index (κ1) is 15.2. The maximum Gasteiger partial charge on any atom is 0.289 e. The zero-order chi connectivity index (χ0) is 16.4. The second-order valence-electron chi connectivity index (χ2n) is 5.16. The highest BCUT2D eigenvalue weighted by molar-refractivity contribution is 5.95. The van der Waals surface area contributed by atoms with Gasteiger partial charge in [0.1, 0.15) is 17.2 Å². The van der Waals surface area contributed by atoms with Crippen molar-refractivity contribution in [3.05, 3.63) is 59.6 Å². The van der Waals surface area contributed by atoms with E-state index in [0.29, 0.717) is 0 Å². The van der Waals surface area contributed by atoms with Crippen LogP contribution in [0.3, 0.4) is 0 Å². The molecular formula is C16H14F2N2O3. The Morgan fingerprint density at radius 2 is 1.43 bits per heavy atom. The number of piperazine rings is 1. The number of carbonyl (C=O) groups is 2. The predicted molar refractivity (Wildman–Crippen MR) is 76.9 cm³/mol. The van der Waals surface area contributed by atoms with Crippen molar-refractivity contribution in [3.63, 3.8) is 0 Å². The first-order valence-electron chi connectivity index (χ1n) is 7.14. The first-order valence-corrected chi connectivity index (χ1v) is 7.14. The fourth-order valence-corrected chi connectivity index (χ4v) is 2.53. The molecular weight excluding hydrogens is 306 g/mol. The molecule has 1 aliphatic heterocycles. The van der Waals surface area contributed by atoms with Gasteiger partial charge in [-0.05, 0) is 24.3 Å². The van der Waals surface area contributed by atoms with Crippen molar-refractivity contribution in [2.75, 3.05) is 26.2 Å². The zero-order valence-corrected chi connectivity index (χ0v) is 12.2. The Morgan fingerprint density at radius 1 is 0.870 bits per heavy atom. The summed E-state index contributed by atoms with van der Waals surface area (Å²) in [4.78, 5) is 27.3. The number of carbonyl (C=O) groups excluding carboxylic acids is 2. The van der Waals surface area contributed by atoms with Crippen LogP contribution < -0.4 is 0 Å². The minimum absolute atomic E-state index is 0.207. The van der Waals surface area contributed by atoms with Crippen LogP contribution in [-0.4, -0.2) is 47.8 Å². The van der Waals surface area contributed by atoms with Gasteiger partial charge in [-0.3, -0.25) is 9.59 Å². The third-order valence-electron chi connectivity index (χ3n) is 3.76. The molecule has 0 N–H and O–H groups in total. The van der Waals surface area contributed by atoms with E-state index in [0.717, 1.165) is 12.1 Å². The molecule has 2 amide bonds. The van der Waals surface area contributed by atoms with Crippen LogP contribution in [0.25, 0.3) is 0 Å². The number of nitrogens with zero attached hydrogens (tertiary/aromatic N) is 2.